The number of aryl methyl sites for hydroxylation is 1. The molecule has 0 aliphatic carbocycles. The summed E-state index contributed by atoms with van der Waals surface area (Å²) in [7, 11) is 1.55. The summed E-state index contributed by atoms with van der Waals surface area (Å²) in [5, 5.41) is 5.35. The van der Waals surface area contributed by atoms with E-state index in [0.29, 0.717) is 28.2 Å². The summed E-state index contributed by atoms with van der Waals surface area (Å²) >= 11 is 0. The minimum absolute atomic E-state index is 0.233. The van der Waals surface area contributed by atoms with E-state index < -0.39 is 0 Å². The van der Waals surface area contributed by atoms with E-state index in [4.69, 9.17) is 0 Å². The molecular weight excluding hydrogens is 345 g/mol. The Hall–Kier alpha value is -3.41. The normalized spacial score (nSPS) is 10.5. The Balaban J connectivity index is 1.92. The highest BCUT2D eigenvalue weighted by Gasteiger charge is 2.18. The van der Waals surface area contributed by atoms with Crippen LogP contribution in [0.15, 0.2) is 54.6 Å². The molecule has 27 heavy (non-hydrogen) atoms. The molecule has 2 amide bonds. The van der Waals surface area contributed by atoms with Crippen molar-refractivity contribution in [2.75, 3.05) is 12.4 Å². The van der Waals surface area contributed by atoms with Gasteiger partial charge >= 0.3 is 0 Å². The molecule has 0 saturated heterocycles. The number of halogens is 1. The van der Waals surface area contributed by atoms with Gasteiger partial charge < -0.3 is 15.2 Å². The first kappa shape index (κ1) is 18.4. The van der Waals surface area contributed by atoms with Gasteiger partial charge in [-0.2, -0.15) is 0 Å². The van der Waals surface area contributed by atoms with Gasteiger partial charge in [-0.05, 0) is 50.2 Å². The fourth-order valence-electron chi connectivity index (χ4n) is 3.08. The summed E-state index contributed by atoms with van der Waals surface area (Å²) in [6.07, 6.45) is 0. The van der Waals surface area contributed by atoms with Gasteiger partial charge in [0.1, 0.15) is 5.82 Å². The second-order valence-corrected chi connectivity index (χ2v) is 6.19. The lowest BCUT2D eigenvalue weighted by molar-refractivity contribution is 0.0961. The Labute approximate surface area is 156 Å². The first-order valence-electron chi connectivity index (χ1n) is 8.49. The smallest absolute Gasteiger partial charge is 0.257 e. The van der Waals surface area contributed by atoms with Crippen LogP contribution in [-0.4, -0.2) is 23.4 Å². The SMILES string of the molecule is CNC(=O)c1cccc(NC(=O)c2cc(C)n(-c3ccccc3F)c2C)c1. The van der Waals surface area contributed by atoms with Crippen molar-refractivity contribution in [1.29, 1.82) is 0 Å². The highest BCUT2D eigenvalue weighted by molar-refractivity contribution is 6.06. The molecule has 0 spiro atoms. The highest BCUT2D eigenvalue weighted by Crippen LogP contribution is 2.23. The van der Waals surface area contributed by atoms with Crippen LogP contribution in [0.25, 0.3) is 5.69 Å². The van der Waals surface area contributed by atoms with Crippen molar-refractivity contribution in [3.63, 3.8) is 0 Å². The van der Waals surface area contributed by atoms with Crippen LogP contribution < -0.4 is 10.6 Å². The third-order valence-corrected chi connectivity index (χ3v) is 4.38. The van der Waals surface area contributed by atoms with Crippen LogP contribution in [0.4, 0.5) is 10.1 Å². The minimum Gasteiger partial charge on any atom is -0.355 e. The van der Waals surface area contributed by atoms with E-state index in [2.05, 4.69) is 10.6 Å². The van der Waals surface area contributed by atoms with Gasteiger partial charge in [0.25, 0.3) is 11.8 Å². The van der Waals surface area contributed by atoms with E-state index in [-0.39, 0.29) is 17.6 Å². The van der Waals surface area contributed by atoms with Gasteiger partial charge in [0.2, 0.25) is 0 Å². The van der Waals surface area contributed by atoms with Crippen molar-refractivity contribution in [2.24, 2.45) is 0 Å². The maximum Gasteiger partial charge on any atom is 0.257 e. The van der Waals surface area contributed by atoms with Gasteiger partial charge in [0.15, 0.2) is 0 Å². The molecule has 2 aromatic carbocycles. The molecule has 6 heteroatoms. The second kappa shape index (κ2) is 7.45. The molecule has 0 aliphatic rings. The average Bonchev–Trinajstić information content (AvgIpc) is 2.96. The van der Waals surface area contributed by atoms with E-state index >= 15 is 0 Å². The molecule has 1 heterocycles. The van der Waals surface area contributed by atoms with Crippen molar-refractivity contribution in [2.45, 2.75) is 13.8 Å². The van der Waals surface area contributed by atoms with E-state index in [0.717, 1.165) is 5.69 Å². The molecule has 5 nitrogen and oxygen atoms in total. The predicted octanol–water partition coefficient (Wildman–Crippen LogP) is 3.85. The zero-order chi connectivity index (χ0) is 19.6. The number of rotatable bonds is 4. The van der Waals surface area contributed by atoms with Gasteiger partial charge in [0, 0.05) is 29.7 Å². The van der Waals surface area contributed by atoms with Crippen molar-refractivity contribution in [3.05, 3.63) is 82.9 Å². The Kier molecular flexibility index (Phi) is 5.07. The molecule has 1 aromatic heterocycles. The predicted molar refractivity (Wildman–Crippen MR) is 103 cm³/mol. The molecule has 0 atom stereocenters. The Bertz CT molecular complexity index is 1020. The Morgan fingerprint density at radius 2 is 1.70 bits per heavy atom. The number of carbonyl (C=O) groups is 2. The highest BCUT2D eigenvalue weighted by atomic mass is 19.1. The van der Waals surface area contributed by atoms with Crippen LogP contribution >= 0.6 is 0 Å². The van der Waals surface area contributed by atoms with E-state index in [1.807, 2.05) is 6.92 Å². The zero-order valence-corrected chi connectivity index (χ0v) is 15.3. The van der Waals surface area contributed by atoms with Crippen LogP contribution in [0.5, 0.6) is 0 Å². The Morgan fingerprint density at radius 1 is 0.963 bits per heavy atom. The quantitative estimate of drug-likeness (QED) is 0.738. The molecule has 0 bridgehead atoms. The molecule has 0 aliphatic heterocycles. The minimum atomic E-state index is -0.357. The van der Waals surface area contributed by atoms with E-state index in [1.54, 1.807) is 67.1 Å². The van der Waals surface area contributed by atoms with E-state index in [9.17, 15) is 14.0 Å². The number of carbonyl (C=O) groups excluding carboxylic acids is 2. The first-order chi connectivity index (χ1) is 12.9. The van der Waals surface area contributed by atoms with Crippen molar-refractivity contribution < 1.29 is 14.0 Å². The van der Waals surface area contributed by atoms with Crippen molar-refractivity contribution in [1.82, 2.24) is 9.88 Å². The lowest BCUT2D eigenvalue weighted by Gasteiger charge is -2.11. The summed E-state index contributed by atoms with van der Waals surface area (Å²) in [6, 6.07) is 14.8. The number of hydrogen-bond acceptors (Lipinski definition) is 2. The lowest BCUT2D eigenvalue weighted by Crippen LogP contribution is -2.18. The lowest BCUT2D eigenvalue weighted by atomic mass is 10.1. The number of amides is 2. The fourth-order valence-corrected chi connectivity index (χ4v) is 3.08. The third-order valence-electron chi connectivity index (χ3n) is 4.38. The summed E-state index contributed by atoms with van der Waals surface area (Å²) in [5.41, 5.74) is 3.19. The number of aromatic nitrogens is 1. The van der Waals surface area contributed by atoms with Crippen molar-refractivity contribution >= 4 is 17.5 Å². The van der Waals surface area contributed by atoms with Crippen LogP contribution in [0.2, 0.25) is 0 Å². The van der Waals surface area contributed by atoms with Crippen LogP contribution in [0.3, 0.4) is 0 Å². The largest absolute Gasteiger partial charge is 0.355 e. The summed E-state index contributed by atoms with van der Waals surface area (Å²) in [4.78, 5) is 24.5. The maximum absolute atomic E-state index is 14.2. The maximum atomic E-state index is 14.2. The third kappa shape index (κ3) is 3.60. The second-order valence-electron chi connectivity index (χ2n) is 6.19. The topological polar surface area (TPSA) is 63.1 Å². The van der Waals surface area contributed by atoms with Gasteiger partial charge in [0.05, 0.1) is 11.3 Å². The number of para-hydroxylation sites is 1. The summed E-state index contributed by atoms with van der Waals surface area (Å²) in [5.74, 6) is -0.909. The van der Waals surface area contributed by atoms with E-state index in [1.165, 1.54) is 6.07 Å². The summed E-state index contributed by atoms with van der Waals surface area (Å²) < 4.78 is 15.9. The molecule has 3 aromatic rings. The van der Waals surface area contributed by atoms with Crippen molar-refractivity contribution in [3.8, 4) is 5.69 Å². The number of nitrogens with zero attached hydrogens (tertiary/aromatic N) is 1. The zero-order valence-electron chi connectivity index (χ0n) is 15.3. The van der Waals surface area contributed by atoms with Crippen LogP contribution in [0.1, 0.15) is 32.1 Å². The van der Waals surface area contributed by atoms with Gasteiger partial charge in [-0.25, -0.2) is 4.39 Å². The molecule has 3 rings (SSSR count). The number of hydrogen-bond donors (Lipinski definition) is 2. The standard InChI is InChI=1S/C21H20FN3O2/c1-13-11-17(14(2)25(13)19-10-5-4-9-18(19)22)21(27)24-16-8-6-7-15(12-16)20(26)23-3/h4-12H,1-3H3,(H,23,26)(H,24,27). The molecule has 138 valence electrons. The molecule has 0 unspecified atom stereocenters. The first-order valence-corrected chi connectivity index (χ1v) is 8.49. The number of nitrogens with one attached hydrogen (secondary N) is 2. The van der Waals surface area contributed by atoms with Gasteiger partial charge in [-0.3, -0.25) is 9.59 Å². The molecule has 2 N–H and O–H groups in total. The molecule has 0 saturated carbocycles. The molecule has 0 radical (unpaired) electrons. The summed E-state index contributed by atoms with van der Waals surface area (Å²) in [6.45, 7) is 3.59. The van der Waals surface area contributed by atoms with Gasteiger partial charge in [-0.1, -0.05) is 18.2 Å². The monoisotopic (exact) mass is 365 g/mol. The fraction of sp³-hybridized carbons (Fsp3) is 0.143. The van der Waals surface area contributed by atoms with Gasteiger partial charge in [-0.15, -0.1) is 0 Å². The average molecular weight is 365 g/mol. The van der Waals surface area contributed by atoms with Crippen LogP contribution in [-0.2, 0) is 0 Å². The Morgan fingerprint density at radius 3 is 2.41 bits per heavy atom. The number of anilines is 1. The molecule has 0 fully saturated rings. The molecular formula is C21H20FN3O2. The number of benzene rings is 2. The van der Waals surface area contributed by atoms with Crippen LogP contribution in [0, 0.1) is 19.7 Å².